The Morgan fingerprint density at radius 1 is 0.920 bits per heavy atom. The highest BCUT2D eigenvalue weighted by Crippen LogP contribution is 2.42. The summed E-state index contributed by atoms with van der Waals surface area (Å²) in [5.41, 5.74) is 2.87. The van der Waals surface area contributed by atoms with Crippen molar-refractivity contribution in [3.05, 3.63) is 42.1 Å². The standard InChI is InChI=1S/C19H19NO5/c1-11-18(12-5-8-16(23-3)17(9-12)24-4)19(25-20-11)14-7-6-13(22-2)10-15(14)21/h5-10,21H,1-4H3. The van der Waals surface area contributed by atoms with Crippen molar-refractivity contribution in [1.29, 1.82) is 0 Å². The number of nitrogens with zero attached hydrogens (tertiary/aromatic N) is 1. The molecule has 3 rings (SSSR count). The fourth-order valence-electron chi connectivity index (χ4n) is 2.72. The van der Waals surface area contributed by atoms with Crippen LogP contribution in [0.5, 0.6) is 23.0 Å². The molecule has 0 atom stereocenters. The quantitative estimate of drug-likeness (QED) is 0.755. The topological polar surface area (TPSA) is 74.0 Å². The van der Waals surface area contributed by atoms with Gasteiger partial charge in [-0.3, -0.25) is 0 Å². The number of phenolic OH excluding ortho intramolecular Hbond substituents is 1. The number of aryl methyl sites for hydroxylation is 1. The Kier molecular flexibility index (Phi) is 4.52. The van der Waals surface area contributed by atoms with Crippen molar-refractivity contribution in [3.63, 3.8) is 0 Å². The largest absolute Gasteiger partial charge is 0.507 e. The van der Waals surface area contributed by atoms with E-state index in [1.54, 1.807) is 33.5 Å². The van der Waals surface area contributed by atoms with Gasteiger partial charge < -0.3 is 23.8 Å². The van der Waals surface area contributed by atoms with Crippen molar-refractivity contribution in [2.75, 3.05) is 21.3 Å². The minimum absolute atomic E-state index is 0.0530. The van der Waals surface area contributed by atoms with Gasteiger partial charge in [0.2, 0.25) is 0 Å². The fourth-order valence-corrected chi connectivity index (χ4v) is 2.72. The first-order valence-corrected chi connectivity index (χ1v) is 7.65. The van der Waals surface area contributed by atoms with E-state index in [0.29, 0.717) is 34.3 Å². The van der Waals surface area contributed by atoms with Gasteiger partial charge in [0.25, 0.3) is 0 Å². The van der Waals surface area contributed by atoms with E-state index in [1.165, 1.54) is 6.07 Å². The summed E-state index contributed by atoms with van der Waals surface area (Å²) in [7, 11) is 4.71. The zero-order valence-electron chi connectivity index (χ0n) is 14.5. The molecule has 0 aliphatic carbocycles. The van der Waals surface area contributed by atoms with Gasteiger partial charge in [-0.25, -0.2) is 0 Å². The molecule has 1 heterocycles. The van der Waals surface area contributed by atoms with Crippen LogP contribution in [0.2, 0.25) is 0 Å². The van der Waals surface area contributed by atoms with Crippen LogP contribution >= 0.6 is 0 Å². The smallest absolute Gasteiger partial charge is 0.178 e. The molecule has 0 saturated carbocycles. The van der Waals surface area contributed by atoms with Gasteiger partial charge in [0, 0.05) is 6.07 Å². The van der Waals surface area contributed by atoms with Gasteiger partial charge in [-0.15, -0.1) is 0 Å². The third-order valence-electron chi connectivity index (χ3n) is 3.98. The van der Waals surface area contributed by atoms with Gasteiger partial charge in [0.1, 0.15) is 11.5 Å². The van der Waals surface area contributed by atoms with E-state index in [0.717, 1.165) is 11.1 Å². The summed E-state index contributed by atoms with van der Waals surface area (Å²) in [6.45, 7) is 1.85. The minimum Gasteiger partial charge on any atom is -0.507 e. The number of hydrogen-bond acceptors (Lipinski definition) is 6. The number of aromatic nitrogens is 1. The van der Waals surface area contributed by atoms with E-state index >= 15 is 0 Å². The Hall–Kier alpha value is -3.15. The molecule has 6 nitrogen and oxygen atoms in total. The van der Waals surface area contributed by atoms with Crippen LogP contribution in [0.1, 0.15) is 5.69 Å². The molecule has 1 aromatic heterocycles. The first-order valence-electron chi connectivity index (χ1n) is 7.65. The van der Waals surface area contributed by atoms with Crippen LogP contribution in [0.15, 0.2) is 40.9 Å². The fraction of sp³-hybridized carbons (Fsp3) is 0.211. The summed E-state index contributed by atoms with van der Waals surface area (Å²) in [4.78, 5) is 0. The van der Waals surface area contributed by atoms with Crippen LogP contribution in [-0.2, 0) is 0 Å². The van der Waals surface area contributed by atoms with Gasteiger partial charge in [0.05, 0.1) is 38.2 Å². The molecule has 25 heavy (non-hydrogen) atoms. The zero-order chi connectivity index (χ0) is 18.0. The van der Waals surface area contributed by atoms with Crippen molar-refractivity contribution in [2.45, 2.75) is 6.92 Å². The van der Waals surface area contributed by atoms with Crippen molar-refractivity contribution < 1.29 is 23.8 Å². The van der Waals surface area contributed by atoms with Crippen molar-refractivity contribution in [1.82, 2.24) is 5.16 Å². The van der Waals surface area contributed by atoms with E-state index in [9.17, 15) is 5.11 Å². The summed E-state index contributed by atoms with van der Waals surface area (Å²) in [5, 5.41) is 14.4. The monoisotopic (exact) mass is 341 g/mol. The predicted molar refractivity (Wildman–Crippen MR) is 93.4 cm³/mol. The van der Waals surface area contributed by atoms with Crippen LogP contribution in [0.3, 0.4) is 0 Å². The Balaban J connectivity index is 2.15. The molecule has 0 aliphatic heterocycles. The van der Waals surface area contributed by atoms with Crippen molar-refractivity contribution in [3.8, 4) is 45.4 Å². The zero-order valence-corrected chi connectivity index (χ0v) is 14.5. The summed E-state index contributed by atoms with van der Waals surface area (Å²) in [6.07, 6.45) is 0. The lowest BCUT2D eigenvalue weighted by atomic mass is 9.99. The Morgan fingerprint density at radius 2 is 1.68 bits per heavy atom. The molecular weight excluding hydrogens is 322 g/mol. The highest BCUT2D eigenvalue weighted by molar-refractivity contribution is 5.84. The number of methoxy groups -OCH3 is 3. The molecule has 2 aromatic carbocycles. The molecule has 0 spiro atoms. The third kappa shape index (κ3) is 2.98. The maximum absolute atomic E-state index is 10.3. The van der Waals surface area contributed by atoms with Gasteiger partial charge in [-0.1, -0.05) is 11.2 Å². The van der Waals surface area contributed by atoms with E-state index in [2.05, 4.69) is 5.16 Å². The van der Waals surface area contributed by atoms with E-state index in [1.807, 2.05) is 25.1 Å². The maximum Gasteiger partial charge on any atom is 0.178 e. The molecule has 0 radical (unpaired) electrons. The second-order valence-corrected chi connectivity index (χ2v) is 5.42. The second-order valence-electron chi connectivity index (χ2n) is 5.42. The van der Waals surface area contributed by atoms with Crippen LogP contribution in [0.25, 0.3) is 22.5 Å². The number of ether oxygens (including phenoxy) is 3. The molecule has 0 amide bonds. The van der Waals surface area contributed by atoms with Gasteiger partial charge >= 0.3 is 0 Å². The van der Waals surface area contributed by atoms with Crippen molar-refractivity contribution in [2.24, 2.45) is 0 Å². The summed E-state index contributed by atoms with van der Waals surface area (Å²) >= 11 is 0. The average Bonchev–Trinajstić information content (AvgIpc) is 3.02. The van der Waals surface area contributed by atoms with Crippen LogP contribution in [-0.4, -0.2) is 31.6 Å². The van der Waals surface area contributed by atoms with E-state index in [4.69, 9.17) is 18.7 Å². The normalized spacial score (nSPS) is 10.6. The van der Waals surface area contributed by atoms with E-state index < -0.39 is 0 Å². The maximum atomic E-state index is 10.3. The Morgan fingerprint density at radius 3 is 2.32 bits per heavy atom. The number of rotatable bonds is 5. The van der Waals surface area contributed by atoms with Gasteiger partial charge in [0.15, 0.2) is 17.3 Å². The molecule has 0 bridgehead atoms. The Labute approximate surface area is 145 Å². The highest BCUT2D eigenvalue weighted by Gasteiger charge is 2.21. The minimum atomic E-state index is 0.0530. The first-order chi connectivity index (χ1) is 12.1. The second kappa shape index (κ2) is 6.76. The van der Waals surface area contributed by atoms with Crippen molar-refractivity contribution >= 4 is 0 Å². The summed E-state index contributed by atoms with van der Waals surface area (Å²) in [6, 6.07) is 10.6. The number of benzene rings is 2. The first kappa shape index (κ1) is 16.7. The molecule has 3 aromatic rings. The molecule has 1 N–H and O–H groups in total. The number of aromatic hydroxyl groups is 1. The summed E-state index contributed by atoms with van der Waals surface area (Å²) in [5.74, 6) is 2.33. The van der Waals surface area contributed by atoms with Gasteiger partial charge in [-0.2, -0.15) is 0 Å². The van der Waals surface area contributed by atoms with Gasteiger partial charge in [-0.05, 0) is 36.8 Å². The number of phenols is 1. The average molecular weight is 341 g/mol. The molecular formula is C19H19NO5. The predicted octanol–water partition coefficient (Wildman–Crippen LogP) is 4.05. The highest BCUT2D eigenvalue weighted by atomic mass is 16.5. The molecule has 0 aliphatic rings. The molecule has 0 saturated heterocycles. The van der Waals surface area contributed by atoms with Crippen LogP contribution in [0, 0.1) is 6.92 Å². The Bertz CT molecular complexity index is 901. The van der Waals surface area contributed by atoms with Crippen LogP contribution in [0.4, 0.5) is 0 Å². The SMILES string of the molecule is COc1ccc(-c2onc(C)c2-c2ccc(OC)c(OC)c2)c(O)c1. The summed E-state index contributed by atoms with van der Waals surface area (Å²) < 4.78 is 21.3. The molecule has 6 heteroatoms. The number of hydrogen-bond donors (Lipinski definition) is 1. The van der Waals surface area contributed by atoms with Crippen LogP contribution < -0.4 is 14.2 Å². The lowest BCUT2D eigenvalue weighted by Gasteiger charge is -2.10. The molecule has 130 valence electrons. The molecule has 0 fully saturated rings. The third-order valence-corrected chi connectivity index (χ3v) is 3.98. The molecule has 0 unspecified atom stereocenters. The lowest BCUT2D eigenvalue weighted by molar-refractivity contribution is 0.355. The lowest BCUT2D eigenvalue weighted by Crippen LogP contribution is -1.92. The van der Waals surface area contributed by atoms with E-state index in [-0.39, 0.29) is 5.75 Å².